The Morgan fingerprint density at radius 1 is 1.32 bits per heavy atom. The van der Waals surface area contributed by atoms with Gasteiger partial charge in [0.15, 0.2) is 0 Å². The van der Waals surface area contributed by atoms with Crippen LogP contribution in [-0.4, -0.2) is 35.3 Å². The fourth-order valence-corrected chi connectivity index (χ4v) is 5.10. The van der Waals surface area contributed by atoms with Crippen molar-refractivity contribution in [2.45, 2.75) is 24.8 Å². The van der Waals surface area contributed by atoms with Crippen LogP contribution in [-0.2, 0) is 10.3 Å². The maximum atomic E-state index is 12.4. The van der Waals surface area contributed by atoms with Gasteiger partial charge in [-0.2, -0.15) is 5.26 Å². The van der Waals surface area contributed by atoms with Gasteiger partial charge in [0, 0.05) is 23.3 Å². The molecule has 1 atom stereocenters. The molecule has 1 aromatic heterocycles. The molecule has 2 aliphatic heterocycles. The van der Waals surface area contributed by atoms with Crippen molar-refractivity contribution in [2.24, 2.45) is 0 Å². The fourth-order valence-electron chi connectivity index (χ4n) is 3.87. The van der Waals surface area contributed by atoms with Gasteiger partial charge in [-0.3, -0.25) is 15.1 Å². The molecule has 0 saturated carbocycles. The van der Waals surface area contributed by atoms with Crippen molar-refractivity contribution in [3.63, 3.8) is 0 Å². The Kier molecular flexibility index (Phi) is 3.62. The molecule has 2 aromatic rings. The monoisotopic (exact) mass is 350 g/mol. The van der Waals surface area contributed by atoms with E-state index in [1.54, 1.807) is 24.5 Å². The van der Waals surface area contributed by atoms with E-state index >= 15 is 0 Å². The molecule has 25 heavy (non-hydrogen) atoms. The average molecular weight is 350 g/mol. The minimum atomic E-state index is -0.379. The second-order valence-electron chi connectivity index (χ2n) is 6.60. The number of hydrogen-bond acceptors (Lipinski definition) is 4. The van der Waals surface area contributed by atoms with Crippen LogP contribution in [0.15, 0.2) is 36.4 Å². The van der Waals surface area contributed by atoms with Gasteiger partial charge in [-0.05, 0) is 42.7 Å². The van der Waals surface area contributed by atoms with E-state index in [1.165, 1.54) is 4.90 Å². The maximum absolute atomic E-state index is 12.4. The van der Waals surface area contributed by atoms with Crippen molar-refractivity contribution in [1.82, 2.24) is 9.80 Å². The summed E-state index contributed by atoms with van der Waals surface area (Å²) in [7, 11) is 1.68. The number of carbonyl (C=O) groups is 1. The van der Waals surface area contributed by atoms with E-state index in [0.717, 1.165) is 34.7 Å². The van der Waals surface area contributed by atoms with E-state index in [4.69, 9.17) is 10.7 Å². The van der Waals surface area contributed by atoms with Crippen LogP contribution < -0.4 is 0 Å². The number of hydrogen-bond donors (Lipinski definition) is 1. The maximum Gasteiger partial charge on any atom is 0.231 e. The lowest BCUT2D eigenvalue weighted by molar-refractivity contribution is -0.132. The molecule has 5 nitrogen and oxygen atoms in total. The van der Waals surface area contributed by atoms with Gasteiger partial charge in [-0.25, -0.2) is 0 Å². The summed E-state index contributed by atoms with van der Waals surface area (Å²) in [5, 5.41) is 17.5. The molecular formula is C19H18N4OS. The van der Waals surface area contributed by atoms with Crippen LogP contribution in [0.2, 0.25) is 0 Å². The predicted molar refractivity (Wildman–Crippen MR) is 97.2 cm³/mol. The van der Waals surface area contributed by atoms with Crippen LogP contribution in [0.5, 0.6) is 0 Å². The first kappa shape index (κ1) is 15.9. The van der Waals surface area contributed by atoms with E-state index in [0.29, 0.717) is 17.9 Å². The number of nitriles is 1. The zero-order valence-electron chi connectivity index (χ0n) is 14.0. The summed E-state index contributed by atoms with van der Waals surface area (Å²) in [6, 6.07) is 13.9. The number of fused-ring (bicyclic) bond motifs is 1. The topological polar surface area (TPSA) is 71.2 Å². The average Bonchev–Trinajstić information content (AvgIpc) is 3.28. The third-order valence-corrected chi connectivity index (χ3v) is 6.55. The molecule has 0 radical (unpaired) electrons. The summed E-state index contributed by atoms with van der Waals surface area (Å²) in [5.41, 5.74) is 1.28. The van der Waals surface area contributed by atoms with Gasteiger partial charge in [-0.15, -0.1) is 11.3 Å². The molecule has 3 heterocycles. The molecule has 0 spiro atoms. The van der Waals surface area contributed by atoms with Crippen LogP contribution in [0.1, 0.15) is 29.7 Å². The van der Waals surface area contributed by atoms with Crippen molar-refractivity contribution in [3.05, 3.63) is 46.8 Å². The Labute approximate surface area is 150 Å². The third-order valence-electron chi connectivity index (χ3n) is 5.22. The van der Waals surface area contributed by atoms with Crippen LogP contribution in [0.3, 0.4) is 0 Å². The minimum absolute atomic E-state index is 0.00424. The molecule has 1 N–H and O–H groups in total. The SMILES string of the molecule is CN1C(=N)N2CCC[C@@]2(c2ccc(-c3cccc(C#N)c3)s2)CC1=O. The lowest BCUT2D eigenvalue weighted by Crippen LogP contribution is -2.58. The zero-order valence-corrected chi connectivity index (χ0v) is 14.8. The number of guanidine groups is 1. The number of thiophene rings is 1. The highest BCUT2D eigenvalue weighted by Crippen LogP contribution is 2.48. The van der Waals surface area contributed by atoms with E-state index in [1.807, 2.05) is 18.2 Å². The first-order valence-electron chi connectivity index (χ1n) is 8.29. The lowest BCUT2D eigenvalue weighted by Gasteiger charge is -2.45. The van der Waals surface area contributed by atoms with E-state index in [2.05, 4.69) is 23.1 Å². The third kappa shape index (κ3) is 2.35. The Balaban J connectivity index is 1.75. The van der Waals surface area contributed by atoms with Gasteiger partial charge in [-0.1, -0.05) is 12.1 Å². The molecule has 1 aromatic carbocycles. The molecule has 2 saturated heterocycles. The smallest absolute Gasteiger partial charge is 0.231 e. The van der Waals surface area contributed by atoms with Gasteiger partial charge < -0.3 is 4.90 Å². The summed E-state index contributed by atoms with van der Waals surface area (Å²) in [4.78, 5) is 18.2. The first-order valence-corrected chi connectivity index (χ1v) is 9.10. The van der Waals surface area contributed by atoms with Gasteiger partial charge in [0.2, 0.25) is 11.9 Å². The number of amides is 1. The number of benzene rings is 1. The molecular weight excluding hydrogens is 332 g/mol. The molecule has 0 bridgehead atoms. The van der Waals surface area contributed by atoms with Crippen LogP contribution in [0, 0.1) is 16.7 Å². The van der Waals surface area contributed by atoms with Crippen molar-refractivity contribution in [1.29, 1.82) is 10.7 Å². The standard InChI is InChI=1S/C19H18N4OS/c1-22-17(24)11-19(8-3-9-23(19)18(22)21)16-7-6-15(25-16)14-5-2-4-13(10-14)12-20/h2,4-7,10,21H,3,8-9,11H2,1H3/t19-/m0/s1. The number of rotatable bonds is 2. The Bertz CT molecular complexity index is 912. The van der Waals surface area contributed by atoms with Gasteiger partial charge in [0.05, 0.1) is 23.6 Å². The molecule has 1 amide bonds. The normalized spacial score (nSPS) is 22.9. The van der Waals surface area contributed by atoms with Crippen molar-refractivity contribution in [2.75, 3.05) is 13.6 Å². The zero-order chi connectivity index (χ0) is 17.6. The molecule has 4 rings (SSSR count). The Morgan fingerprint density at radius 2 is 2.16 bits per heavy atom. The van der Waals surface area contributed by atoms with Crippen molar-refractivity contribution >= 4 is 23.2 Å². The summed E-state index contributed by atoms with van der Waals surface area (Å²) in [6.45, 7) is 0.813. The highest BCUT2D eigenvalue weighted by molar-refractivity contribution is 7.15. The van der Waals surface area contributed by atoms with Crippen LogP contribution >= 0.6 is 11.3 Å². The van der Waals surface area contributed by atoms with Crippen LogP contribution in [0.25, 0.3) is 10.4 Å². The predicted octanol–water partition coefficient (Wildman–Crippen LogP) is 3.37. The first-order chi connectivity index (χ1) is 12.0. The van der Waals surface area contributed by atoms with E-state index < -0.39 is 0 Å². The summed E-state index contributed by atoms with van der Waals surface area (Å²) < 4.78 is 0. The molecule has 6 heteroatoms. The minimum Gasteiger partial charge on any atom is -0.332 e. The van der Waals surface area contributed by atoms with E-state index in [9.17, 15) is 4.79 Å². The number of nitrogens with one attached hydrogen (secondary N) is 1. The van der Waals surface area contributed by atoms with Crippen molar-refractivity contribution < 1.29 is 4.79 Å². The van der Waals surface area contributed by atoms with Gasteiger partial charge in [0.1, 0.15) is 0 Å². The molecule has 126 valence electrons. The van der Waals surface area contributed by atoms with Gasteiger partial charge >= 0.3 is 0 Å². The Morgan fingerprint density at radius 3 is 2.96 bits per heavy atom. The fraction of sp³-hybridized carbons (Fsp3) is 0.316. The second-order valence-corrected chi connectivity index (χ2v) is 7.68. The molecule has 0 aliphatic carbocycles. The number of nitrogens with zero attached hydrogens (tertiary/aromatic N) is 3. The van der Waals surface area contributed by atoms with Gasteiger partial charge in [0.25, 0.3) is 0 Å². The molecule has 2 fully saturated rings. The molecule has 2 aliphatic rings. The van der Waals surface area contributed by atoms with E-state index in [-0.39, 0.29) is 11.4 Å². The quantitative estimate of drug-likeness (QED) is 0.902. The molecule has 0 unspecified atom stereocenters. The largest absolute Gasteiger partial charge is 0.332 e. The summed E-state index contributed by atoms with van der Waals surface area (Å²) in [5.74, 6) is 0.305. The van der Waals surface area contributed by atoms with Crippen molar-refractivity contribution in [3.8, 4) is 16.5 Å². The summed E-state index contributed by atoms with van der Waals surface area (Å²) >= 11 is 1.67. The highest BCUT2D eigenvalue weighted by atomic mass is 32.1. The second kappa shape index (κ2) is 5.71. The number of carbonyl (C=O) groups excluding carboxylic acids is 1. The summed E-state index contributed by atoms with van der Waals surface area (Å²) in [6.07, 6.45) is 2.30. The highest BCUT2D eigenvalue weighted by Gasteiger charge is 2.51. The Hall–Kier alpha value is -2.65. The lowest BCUT2D eigenvalue weighted by atomic mass is 9.88. The van der Waals surface area contributed by atoms with Crippen LogP contribution in [0.4, 0.5) is 0 Å².